The van der Waals surface area contributed by atoms with Gasteiger partial charge in [-0.25, -0.2) is 4.39 Å². The summed E-state index contributed by atoms with van der Waals surface area (Å²) in [5.74, 6) is -0.0572. The Balaban J connectivity index is 1.53. The van der Waals surface area contributed by atoms with Crippen LogP contribution in [-0.4, -0.2) is 23.1 Å². The lowest BCUT2D eigenvalue weighted by molar-refractivity contribution is 0.0570. The van der Waals surface area contributed by atoms with Gasteiger partial charge in [0.2, 0.25) is 0 Å². The first-order valence-corrected chi connectivity index (χ1v) is 8.67. The lowest BCUT2D eigenvalue weighted by Gasteiger charge is -2.34. The highest BCUT2D eigenvalue weighted by Crippen LogP contribution is 2.31. The average Bonchev–Trinajstić information content (AvgIpc) is 3.03. The Kier molecular flexibility index (Phi) is 5.06. The van der Waals surface area contributed by atoms with E-state index in [9.17, 15) is 9.50 Å². The molecule has 3 nitrogen and oxygen atoms in total. The first-order chi connectivity index (χ1) is 11.2. The number of piperidine rings is 1. The van der Waals surface area contributed by atoms with Crippen LogP contribution in [0.2, 0.25) is 0 Å². The highest BCUT2D eigenvalue weighted by atomic mass is 32.1. The number of likely N-dealkylation sites (tertiary alicyclic amines) is 1. The largest absolute Gasteiger partial charge is 0.388 e. The van der Waals surface area contributed by atoms with Crippen molar-refractivity contribution < 1.29 is 9.50 Å². The fourth-order valence-corrected chi connectivity index (χ4v) is 3.95. The molecule has 1 unspecified atom stereocenters. The van der Waals surface area contributed by atoms with Crippen molar-refractivity contribution in [3.63, 3.8) is 0 Å². The number of aliphatic hydroxyl groups is 1. The maximum absolute atomic E-state index is 13.0. The van der Waals surface area contributed by atoms with Crippen LogP contribution in [0.4, 0.5) is 4.39 Å². The van der Waals surface area contributed by atoms with Crippen molar-refractivity contribution in [3.8, 4) is 6.07 Å². The van der Waals surface area contributed by atoms with Crippen molar-refractivity contribution in [2.45, 2.75) is 25.5 Å². The van der Waals surface area contributed by atoms with E-state index in [-0.39, 0.29) is 11.7 Å². The molecule has 5 heteroatoms. The number of rotatable bonds is 4. The fraction of sp³-hybridized carbons (Fsp3) is 0.389. The van der Waals surface area contributed by atoms with Crippen LogP contribution in [-0.2, 0) is 6.54 Å². The summed E-state index contributed by atoms with van der Waals surface area (Å²) >= 11 is 1.62. The van der Waals surface area contributed by atoms with Crippen molar-refractivity contribution >= 4 is 11.3 Å². The van der Waals surface area contributed by atoms with Crippen LogP contribution < -0.4 is 0 Å². The molecule has 1 aromatic heterocycles. The van der Waals surface area contributed by atoms with E-state index in [1.54, 1.807) is 23.5 Å². The maximum atomic E-state index is 13.0. The quantitative estimate of drug-likeness (QED) is 0.930. The topological polar surface area (TPSA) is 47.3 Å². The number of nitriles is 1. The van der Waals surface area contributed by atoms with Crippen LogP contribution in [0, 0.1) is 23.1 Å². The van der Waals surface area contributed by atoms with E-state index in [1.165, 1.54) is 17.0 Å². The standard InChI is InChI=1S/C18H19FN2OS/c19-16-3-1-14(2-4-16)18(22)15-5-7-21(8-6-15)11-17-9-13(10-20)12-23-17/h1-4,9,12,15,18,22H,5-8,11H2. The Morgan fingerprint density at radius 3 is 2.61 bits per heavy atom. The van der Waals surface area contributed by atoms with E-state index in [0.29, 0.717) is 0 Å². The summed E-state index contributed by atoms with van der Waals surface area (Å²) in [4.78, 5) is 3.57. The minimum atomic E-state index is -0.523. The van der Waals surface area contributed by atoms with Crippen molar-refractivity contribution in [2.24, 2.45) is 5.92 Å². The molecule has 120 valence electrons. The van der Waals surface area contributed by atoms with Gasteiger partial charge in [-0.05, 0) is 55.6 Å². The Morgan fingerprint density at radius 1 is 1.30 bits per heavy atom. The van der Waals surface area contributed by atoms with Gasteiger partial charge in [-0.1, -0.05) is 12.1 Å². The molecule has 23 heavy (non-hydrogen) atoms. The highest BCUT2D eigenvalue weighted by molar-refractivity contribution is 7.10. The molecule has 0 saturated carbocycles. The first kappa shape index (κ1) is 16.1. The summed E-state index contributed by atoms with van der Waals surface area (Å²) in [6.07, 6.45) is 1.33. The second-order valence-electron chi connectivity index (χ2n) is 6.02. The van der Waals surface area contributed by atoms with Gasteiger partial charge in [0.1, 0.15) is 11.9 Å². The molecule has 1 saturated heterocycles. The summed E-state index contributed by atoms with van der Waals surface area (Å²) in [6, 6.07) is 10.2. The molecule has 1 aliphatic rings. The molecule has 1 atom stereocenters. The van der Waals surface area contributed by atoms with Crippen LogP contribution in [0.5, 0.6) is 0 Å². The molecule has 0 aliphatic carbocycles. The van der Waals surface area contributed by atoms with Crippen LogP contribution in [0.15, 0.2) is 35.7 Å². The van der Waals surface area contributed by atoms with Crippen LogP contribution in [0.25, 0.3) is 0 Å². The number of hydrogen-bond acceptors (Lipinski definition) is 4. The Bertz CT molecular complexity index is 684. The molecule has 2 heterocycles. The molecule has 3 rings (SSSR count). The molecule has 0 radical (unpaired) electrons. The van der Waals surface area contributed by atoms with Gasteiger partial charge in [0, 0.05) is 16.8 Å². The molecule has 1 aromatic carbocycles. The molecular weight excluding hydrogens is 311 g/mol. The zero-order chi connectivity index (χ0) is 16.2. The summed E-state index contributed by atoms with van der Waals surface area (Å²) in [6.45, 7) is 2.73. The first-order valence-electron chi connectivity index (χ1n) is 7.79. The maximum Gasteiger partial charge on any atom is 0.123 e. The highest BCUT2D eigenvalue weighted by Gasteiger charge is 2.26. The van der Waals surface area contributed by atoms with Gasteiger partial charge >= 0.3 is 0 Å². The van der Waals surface area contributed by atoms with Crippen molar-refractivity contribution in [3.05, 3.63) is 57.5 Å². The number of aliphatic hydroxyl groups excluding tert-OH is 1. The predicted molar refractivity (Wildman–Crippen MR) is 88.4 cm³/mol. The SMILES string of the molecule is N#Cc1csc(CN2CCC(C(O)c3ccc(F)cc3)CC2)c1. The van der Waals surface area contributed by atoms with Gasteiger partial charge in [0.15, 0.2) is 0 Å². The number of benzene rings is 1. The third-order valence-corrected chi connectivity index (χ3v) is 5.37. The molecule has 1 aliphatic heterocycles. The molecule has 1 fully saturated rings. The lowest BCUT2D eigenvalue weighted by atomic mass is 9.87. The van der Waals surface area contributed by atoms with Crippen molar-refractivity contribution in [2.75, 3.05) is 13.1 Å². The third-order valence-electron chi connectivity index (χ3n) is 4.45. The van der Waals surface area contributed by atoms with Crippen LogP contribution >= 0.6 is 11.3 Å². The number of halogens is 1. The molecular formula is C18H19FN2OS. The molecule has 0 bridgehead atoms. The van der Waals surface area contributed by atoms with Gasteiger partial charge in [-0.15, -0.1) is 11.3 Å². The minimum absolute atomic E-state index is 0.217. The minimum Gasteiger partial charge on any atom is -0.388 e. The van der Waals surface area contributed by atoms with E-state index in [1.807, 2.05) is 11.4 Å². The Morgan fingerprint density at radius 2 is 2.00 bits per heavy atom. The molecule has 2 aromatic rings. The third kappa shape index (κ3) is 3.97. The lowest BCUT2D eigenvalue weighted by Crippen LogP contribution is -2.35. The molecule has 0 amide bonds. The normalized spacial score (nSPS) is 17.8. The second-order valence-corrected chi connectivity index (χ2v) is 7.02. The van der Waals surface area contributed by atoms with E-state index in [2.05, 4.69) is 11.0 Å². The number of thiophene rings is 1. The van der Waals surface area contributed by atoms with Gasteiger partial charge < -0.3 is 5.11 Å². The van der Waals surface area contributed by atoms with Gasteiger partial charge in [0.25, 0.3) is 0 Å². The van der Waals surface area contributed by atoms with E-state index < -0.39 is 6.10 Å². The summed E-state index contributed by atoms with van der Waals surface area (Å²) in [7, 11) is 0. The Hall–Kier alpha value is -1.74. The average molecular weight is 330 g/mol. The second kappa shape index (κ2) is 7.22. The summed E-state index contributed by atoms with van der Waals surface area (Å²) < 4.78 is 13.0. The summed E-state index contributed by atoms with van der Waals surface area (Å²) in [5, 5.41) is 21.2. The zero-order valence-corrected chi connectivity index (χ0v) is 13.6. The monoisotopic (exact) mass is 330 g/mol. The smallest absolute Gasteiger partial charge is 0.123 e. The number of hydrogen-bond donors (Lipinski definition) is 1. The molecule has 0 spiro atoms. The zero-order valence-electron chi connectivity index (χ0n) is 12.8. The van der Waals surface area contributed by atoms with E-state index in [0.717, 1.165) is 43.6 Å². The van der Waals surface area contributed by atoms with Gasteiger partial charge in [-0.3, -0.25) is 4.90 Å². The van der Waals surface area contributed by atoms with Gasteiger partial charge in [-0.2, -0.15) is 5.26 Å². The van der Waals surface area contributed by atoms with Crippen LogP contribution in [0.3, 0.4) is 0 Å². The van der Waals surface area contributed by atoms with Crippen molar-refractivity contribution in [1.29, 1.82) is 5.26 Å². The van der Waals surface area contributed by atoms with E-state index in [4.69, 9.17) is 5.26 Å². The molecule has 1 N–H and O–H groups in total. The predicted octanol–water partition coefficient (Wildman–Crippen LogP) is 3.70. The fourth-order valence-electron chi connectivity index (χ4n) is 3.10. The summed E-state index contributed by atoms with van der Waals surface area (Å²) in [5.41, 5.74) is 1.52. The van der Waals surface area contributed by atoms with Gasteiger partial charge in [0.05, 0.1) is 11.7 Å². The van der Waals surface area contributed by atoms with Crippen LogP contribution in [0.1, 0.15) is 34.9 Å². The Labute approximate surface area is 139 Å². The number of nitrogens with zero attached hydrogens (tertiary/aromatic N) is 2. The van der Waals surface area contributed by atoms with E-state index >= 15 is 0 Å². The van der Waals surface area contributed by atoms with Crippen molar-refractivity contribution in [1.82, 2.24) is 4.90 Å².